The van der Waals surface area contributed by atoms with Crippen LogP contribution in [0, 0.1) is 0 Å². The smallest absolute Gasteiger partial charge is 0.298 e. The summed E-state index contributed by atoms with van der Waals surface area (Å²) in [4.78, 5) is 17.9. The van der Waals surface area contributed by atoms with Gasteiger partial charge < -0.3 is 9.32 Å². The second-order valence-electron chi connectivity index (χ2n) is 4.43. The lowest BCUT2D eigenvalue weighted by Gasteiger charge is -2.10. The first kappa shape index (κ1) is 10.3. The molecule has 1 aliphatic rings. The minimum absolute atomic E-state index is 0.0534. The van der Waals surface area contributed by atoms with Crippen LogP contribution in [-0.2, 0) is 0 Å². The van der Waals surface area contributed by atoms with Gasteiger partial charge in [0.2, 0.25) is 0 Å². The molecule has 0 N–H and O–H groups in total. The average Bonchev–Trinajstić information content (AvgIpc) is 2.96. The molecular formula is C13H14N2O2. The van der Waals surface area contributed by atoms with Gasteiger partial charge in [0.15, 0.2) is 11.4 Å². The lowest BCUT2D eigenvalue weighted by molar-refractivity contribution is 0.101. The van der Waals surface area contributed by atoms with E-state index >= 15 is 0 Å². The highest BCUT2D eigenvalue weighted by molar-refractivity contribution is 5.97. The van der Waals surface area contributed by atoms with Crippen molar-refractivity contribution >= 4 is 22.9 Å². The van der Waals surface area contributed by atoms with Gasteiger partial charge >= 0.3 is 0 Å². The zero-order chi connectivity index (χ0) is 11.8. The van der Waals surface area contributed by atoms with Crippen molar-refractivity contribution in [2.75, 3.05) is 18.0 Å². The van der Waals surface area contributed by atoms with Crippen molar-refractivity contribution in [3.05, 3.63) is 23.8 Å². The van der Waals surface area contributed by atoms with Gasteiger partial charge in [-0.05, 0) is 38.0 Å². The first-order valence-corrected chi connectivity index (χ1v) is 5.90. The molecule has 88 valence electrons. The van der Waals surface area contributed by atoms with Crippen LogP contribution >= 0.6 is 0 Å². The van der Waals surface area contributed by atoms with E-state index in [4.69, 9.17) is 4.42 Å². The molecule has 17 heavy (non-hydrogen) atoms. The number of hydrogen-bond donors (Lipinski definition) is 0. The number of nitrogens with zero attached hydrogens (tertiary/aromatic N) is 2. The van der Waals surface area contributed by atoms with Crippen LogP contribution in [0.25, 0.3) is 11.1 Å². The molecule has 1 aromatic heterocycles. The maximum atomic E-state index is 11.3. The largest absolute Gasteiger partial charge is 0.423 e. The standard InChI is InChI=1S/C13H14N2O2/c1-9(16)10-4-5-12-11(8-10)14-13(17-12)15-6-2-3-7-15/h4-5,8H,2-3,6-7H2,1H3. The Hall–Kier alpha value is -1.84. The summed E-state index contributed by atoms with van der Waals surface area (Å²) in [5.41, 5.74) is 2.19. The summed E-state index contributed by atoms with van der Waals surface area (Å²) < 4.78 is 5.69. The number of ketones is 1. The fourth-order valence-electron chi connectivity index (χ4n) is 2.18. The van der Waals surface area contributed by atoms with Crippen LogP contribution in [0.5, 0.6) is 0 Å². The highest BCUT2D eigenvalue weighted by atomic mass is 16.4. The Morgan fingerprint density at radius 3 is 2.82 bits per heavy atom. The van der Waals surface area contributed by atoms with Crippen molar-refractivity contribution in [1.29, 1.82) is 0 Å². The van der Waals surface area contributed by atoms with Gasteiger partial charge in [-0.1, -0.05) is 0 Å². The molecule has 0 unspecified atom stereocenters. The summed E-state index contributed by atoms with van der Waals surface area (Å²) in [5, 5.41) is 0. The van der Waals surface area contributed by atoms with Gasteiger partial charge in [-0.25, -0.2) is 0 Å². The molecule has 1 aliphatic heterocycles. The van der Waals surface area contributed by atoms with E-state index in [1.165, 1.54) is 12.8 Å². The number of benzene rings is 1. The molecule has 4 nitrogen and oxygen atoms in total. The molecule has 0 amide bonds. The van der Waals surface area contributed by atoms with Gasteiger partial charge in [0.1, 0.15) is 5.52 Å². The number of anilines is 1. The average molecular weight is 230 g/mol. The topological polar surface area (TPSA) is 46.3 Å². The molecule has 1 saturated heterocycles. The molecule has 3 rings (SSSR count). The van der Waals surface area contributed by atoms with Gasteiger partial charge in [-0.15, -0.1) is 0 Å². The fraction of sp³-hybridized carbons (Fsp3) is 0.385. The third-order valence-corrected chi connectivity index (χ3v) is 3.16. The van der Waals surface area contributed by atoms with Crippen LogP contribution in [0.3, 0.4) is 0 Å². The summed E-state index contributed by atoms with van der Waals surface area (Å²) in [6.07, 6.45) is 2.38. The Bertz CT molecular complexity index is 568. The first-order valence-electron chi connectivity index (χ1n) is 5.90. The van der Waals surface area contributed by atoms with E-state index in [0.29, 0.717) is 11.6 Å². The molecule has 0 bridgehead atoms. The molecule has 2 aromatic rings. The van der Waals surface area contributed by atoms with Crippen LogP contribution in [0.4, 0.5) is 6.01 Å². The molecule has 1 aromatic carbocycles. The Labute approximate surface area is 99.2 Å². The molecule has 0 saturated carbocycles. The van der Waals surface area contributed by atoms with E-state index in [1.54, 1.807) is 19.1 Å². The van der Waals surface area contributed by atoms with Gasteiger partial charge in [-0.3, -0.25) is 4.79 Å². The summed E-state index contributed by atoms with van der Waals surface area (Å²) >= 11 is 0. The summed E-state index contributed by atoms with van der Waals surface area (Å²) in [7, 11) is 0. The molecule has 4 heteroatoms. The predicted molar refractivity (Wildman–Crippen MR) is 65.5 cm³/mol. The van der Waals surface area contributed by atoms with Crippen molar-refractivity contribution in [1.82, 2.24) is 4.98 Å². The van der Waals surface area contributed by atoms with Crippen molar-refractivity contribution in [2.45, 2.75) is 19.8 Å². The molecule has 2 heterocycles. The van der Waals surface area contributed by atoms with E-state index in [9.17, 15) is 4.79 Å². The minimum Gasteiger partial charge on any atom is -0.423 e. The zero-order valence-corrected chi connectivity index (χ0v) is 9.77. The highest BCUT2D eigenvalue weighted by Crippen LogP contribution is 2.25. The van der Waals surface area contributed by atoms with Crippen molar-refractivity contribution in [2.24, 2.45) is 0 Å². The lowest BCUT2D eigenvalue weighted by Crippen LogP contribution is -2.17. The summed E-state index contributed by atoms with van der Waals surface area (Å²) in [6, 6.07) is 6.07. The predicted octanol–water partition coefficient (Wildman–Crippen LogP) is 2.63. The van der Waals surface area contributed by atoms with Crippen molar-refractivity contribution in [3.63, 3.8) is 0 Å². The number of carbonyl (C=O) groups excluding carboxylic acids is 1. The number of carbonyl (C=O) groups is 1. The van der Waals surface area contributed by atoms with Gasteiger partial charge in [0.05, 0.1) is 0 Å². The SMILES string of the molecule is CC(=O)c1ccc2oc(N3CCCC3)nc2c1. The van der Waals surface area contributed by atoms with E-state index in [2.05, 4.69) is 9.88 Å². The van der Waals surface area contributed by atoms with E-state index < -0.39 is 0 Å². The molecule has 0 aliphatic carbocycles. The Morgan fingerprint density at radius 2 is 2.12 bits per heavy atom. The molecule has 0 radical (unpaired) electrons. The fourth-order valence-corrected chi connectivity index (χ4v) is 2.18. The monoisotopic (exact) mass is 230 g/mol. The van der Waals surface area contributed by atoms with Crippen LogP contribution < -0.4 is 4.90 Å². The van der Waals surface area contributed by atoms with E-state index in [0.717, 1.165) is 24.2 Å². The van der Waals surface area contributed by atoms with Gasteiger partial charge in [-0.2, -0.15) is 4.98 Å². The number of oxazole rings is 1. The normalized spacial score (nSPS) is 15.7. The minimum atomic E-state index is 0.0534. The van der Waals surface area contributed by atoms with Crippen LogP contribution in [0.1, 0.15) is 30.1 Å². The molecular weight excluding hydrogens is 216 g/mol. The third-order valence-electron chi connectivity index (χ3n) is 3.16. The Morgan fingerprint density at radius 1 is 1.35 bits per heavy atom. The van der Waals surface area contributed by atoms with Crippen LogP contribution in [0.15, 0.2) is 22.6 Å². The third kappa shape index (κ3) is 1.79. The lowest BCUT2D eigenvalue weighted by atomic mass is 10.1. The zero-order valence-electron chi connectivity index (χ0n) is 9.77. The maximum Gasteiger partial charge on any atom is 0.298 e. The van der Waals surface area contributed by atoms with Crippen LogP contribution in [0.2, 0.25) is 0 Å². The highest BCUT2D eigenvalue weighted by Gasteiger charge is 2.18. The number of rotatable bonds is 2. The number of aromatic nitrogens is 1. The van der Waals surface area contributed by atoms with Crippen molar-refractivity contribution < 1.29 is 9.21 Å². The first-order chi connectivity index (χ1) is 8.24. The molecule has 0 atom stereocenters. The van der Waals surface area contributed by atoms with E-state index in [1.807, 2.05) is 6.07 Å². The van der Waals surface area contributed by atoms with Crippen LogP contribution in [-0.4, -0.2) is 23.9 Å². The second kappa shape index (κ2) is 3.87. The number of fused-ring (bicyclic) bond motifs is 1. The maximum absolute atomic E-state index is 11.3. The van der Waals surface area contributed by atoms with Crippen molar-refractivity contribution in [3.8, 4) is 0 Å². The van der Waals surface area contributed by atoms with E-state index in [-0.39, 0.29) is 5.78 Å². The second-order valence-corrected chi connectivity index (χ2v) is 4.43. The molecule has 0 spiro atoms. The Balaban J connectivity index is 2.03. The quantitative estimate of drug-likeness (QED) is 0.744. The number of hydrogen-bond acceptors (Lipinski definition) is 4. The summed E-state index contributed by atoms with van der Waals surface area (Å²) in [6.45, 7) is 3.57. The number of Topliss-reactive ketones (excluding diaryl/α,β-unsaturated/α-hetero) is 1. The summed E-state index contributed by atoms with van der Waals surface area (Å²) in [5.74, 6) is 0.0534. The molecule has 1 fully saturated rings. The Kier molecular flexibility index (Phi) is 2.35. The van der Waals surface area contributed by atoms with Gasteiger partial charge in [0.25, 0.3) is 6.01 Å². The van der Waals surface area contributed by atoms with Gasteiger partial charge in [0, 0.05) is 18.7 Å².